The van der Waals surface area contributed by atoms with Gasteiger partial charge in [-0.15, -0.1) is 11.3 Å². The Hall–Kier alpha value is -3.18. The van der Waals surface area contributed by atoms with Crippen LogP contribution >= 0.6 is 11.3 Å². The Morgan fingerprint density at radius 2 is 2.15 bits per heavy atom. The van der Waals surface area contributed by atoms with Crippen LogP contribution in [0.2, 0.25) is 0 Å². The monoisotopic (exact) mass is 372 g/mol. The van der Waals surface area contributed by atoms with E-state index >= 15 is 0 Å². The molecule has 0 fully saturated rings. The fourth-order valence-electron chi connectivity index (χ4n) is 2.38. The molecule has 1 N–H and O–H groups in total. The number of esters is 1. The Balaban J connectivity index is 1.75. The molecule has 1 atom stereocenters. The lowest BCUT2D eigenvalue weighted by Gasteiger charge is -2.12. The van der Waals surface area contributed by atoms with Crippen LogP contribution in [-0.4, -0.2) is 18.0 Å². The van der Waals surface area contributed by atoms with Gasteiger partial charge in [-0.3, -0.25) is 4.79 Å². The third-order valence-corrected chi connectivity index (χ3v) is 4.61. The van der Waals surface area contributed by atoms with Gasteiger partial charge < -0.3 is 14.5 Å². The molecule has 1 amide bonds. The summed E-state index contributed by atoms with van der Waals surface area (Å²) in [5.41, 5.74) is 0.721. The zero-order valence-electron chi connectivity index (χ0n) is 13.8. The number of hydrogen-bond acceptors (Lipinski definition) is 6. The summed E-state index contributed by atoms with van der Waals surface area (Å²) in [5.74, 6) is -2.19. The number of ether oxygens (including phenoxy) is 1. The van der Waals surface area contributed by atoms with Crippen LogP contribution in [0.15, 0.2) is 34.1 Å². The van der Waals surface area contributed by atoms with Crippen molar-refractivity contribution < 1.29 is 23.1 Å². The number of thiophene rings is 1. The van der Waals surface area contributed by atoms with Crippen LogP contribution in [0.1, 0.15) is 28.6 Å². The summed E-state index contributed by atoms with van der Waals surface area (Å²) in [6.45, 7) is 3.00. The molecule has 0 aliphatic heterocycles. The highest BCUT2D eigenvalue weighted by Crippen LogP contribution is 2.28. The van der Waals surface area contributed by atoms with Crippen molar-refractivity contribution in [2.75, 3.05) is 5.32 Å². The number of nitrogens with zero attached hydrogens (tertiary/aromatic N) is 1. The highest BCUT2D eigenvalue weighted by Gasteiger charge is 2.25. The zero-order chi connectivity index (χ0) is 18.8. The van der Waals surface area contributed by atoms with Crippen molar-refractivity contribution in [2.24, 2.45) is 0 Å². The summed E-state index contributed by atoms with van der Waals surface area (Å²) >= 11 is 1.19. The third kappa shape index (κ3) is 3.17. The smallest absolute Gasteiger partial charge is 0.375 e. The van der Waals surface area contributed by atoms with E-state index in [9.17, 15) is 14.0 Å². The summed E-state index contributed by atoms with van der Waals surface area (Å²) < 4.78 is 24.2. The van der Waals surface area contributed by atoms with Crippen molar-refractivity contribution in [3.8, 4) is 6.07 Å². The Morgan fingerprint density at radius 3 is 2.85 bits per heavy atom. The second-order valence-corrected chi connectivity index (χ2v) is 6.40. The number of hydrogen-bond donors (Lipinski definition) is 1. The molecular formula is C18H13FN2O4S. The van der Waals surface area contributed by atoms with Gasteiger partial charge in [0.1, 0.15) is 11.1 Å². The SMILES string of the molecule is Cc1c(C(=O)O[C@H](C)C(=O)Nc2sccc2C#N)oc2c(F)cccc12. The molecule has 6 nitrogen and oxygen atoms in total. The molecule has 0 spiro atoms. The number of rotatable bonds is 4. The minimum Gasteiger partial charge on any atom is -0.447 e. The summed E-state index contributed by atoms with van der Waals surface area (Å²) in [6, 6.07) is 7.89. The van der Waals surface area contributed by atoms with Crippen LogP contribution in [0.5, 0.6) is 0 Å². The number of para-hydroxylation sites is 1. The number of carbonyl (C=O) groups excluding carboxylic acids is 2. The quantitative estimate of drug-likeness (QED) is 0.699. The molecule has 8 heteroatoms. The topological polar surface area (TPSA) is 92.3 Å². The summed E-state index contributed by atoms with van der Waals surface area (Å²) in [6.07, 6.45) is -1.13. The molecule has 26 heavy (non-hydrogen) atoms. The molecule has 3 rings (SSSR count). The molecule has 0 radical (unpaired) electrons. The van der Waals surface area contributed by atoms with Crippen LogP contribution in [-0.2, 0) is 9.53 Å². The number of amides is 1. The van der Waals surface area contributed by atoms with E-state index in [0.717, 1.165) is 0 Å². The van der Waals surface area contributed by atoms with Gasteiger partial charge in [-0.05, 0) is 31.4 Å². The molecule has 1 aromatic carbocycles. The van der Waals surface area contributed by atoms with Gasteiger partial charge in [-0.1, -0.05) is 12.1 Å². The van der Waals surface area contributed by atoms with E-state index in [4.69, 9.17) is 14.4 Å². The predicted molar refractivity (Wildman–Crippen MR) is 93.5 cm³/mol. The van der Waals surface area contributed by atoms with E-state index in [1.54, 1.807) is 24.4 Å². The van der Waals surface area contributed by atoms with E-state index in [-0.39, 0.29) is 11.3 Å². The average molecular weight is 372 g/mol. The molecule has 132 valence electrons. The highest BCUT2D eigenvalue weighted by molar-refractivity contribution is 7.14. The Bertz CT molecular complexity index is 1050. The summed E-state index contributed by atoms with van der Waals surface area (Å²) in [5, 5.41) is 14.0. The number of nitriles is 1. The Kier molecular flexibility index (Phi) is 4.73. The van der Waals surface area contributed by atoms with Gasteiger partial charge in [0.15, 0.2) is 17.5 Å². The maximum absolute atomic E-state index is 13.8. The van der Waals surface area contributed by atoms with E-state index in [2.05, 4.69) is 5.32 Å². The van der Waals surface area contributed by atoms with Crippen LogP contribution in [0.25, 0.3) is 11.0 Å². The van der Waals surface area contributed by atoms with E-state index in [0.29, 0.717) is 21.5 Å². The van der Waals surface area contributed by atoms with Crippen molar-refractivity contribution in [2.45, 2.75) is 20.0 Å². The lowest BCUT2D eigenvalue weighted by Crippen LogP contribution is -2.30. The maximum atomic E-state index is 13.8. The van der Waals surface area contributed by atoms with E-state index < -0.39 is 23.8 Å². The Labute approximate surface area is 151 Å². The number of fused-ring (bicyclic) bond motifs is 1. The van der Waals surface area contributed by atoms with E-state index in [1.807, 2.05) is 6.07 Å². The largest absolute Gasteiger partial charge is 0.447 e. The van der Waals surface area contributed by atoms with Crippen molar-refractivity contribution in [3.05, 3.63) is 52.3 Å². The second kappa shape index (κ2) is 6.98. The first-order valence-corrected chi connectivity index (χ1v) is 8.47. The van der Waals surface area contributed by atoms with Gasteiger partial charge in [0, 0.05) is 10.9 Å². The van der Waals surface area contributed by atoms with Gasteiger partial charge in [-0.25, -0.2) is 9.18 Å². The molecule has 0 saturated carbocycles. The number of halogens is 1. The number of carbonyl (C=O) groups is 2. The average Bonchev–Trinajstić information content (AvgIpc) is 3.20. The molecule has 0 saturated heterocycles. The first-order valence-electron chi connectivity index (χ1n) is 7.59. The summed E-state index contributed by atoms with van der Waals surface area (Å²) in [7, 11) is 0. The van der Waals surface area contributed by atoms with Gasteiger partial charge in [-0.2, -0.15) is 5.26 Å². The number of aryl methyl sites for hydroxylation is 1. The van der Waals surface area contributed by atoms with Crippen LogP contribution < -0.4 is 5.32 Å². The molecular weight excluding hydrogens is 359 g/mol. The molecule has 2 heterocycles. The summed E-state index contributed by atoms with van der Waals surface area (Å²) in [4.78, 5) is 24.5. The van der Waals surface area contributed by atoms with Crippen molar-refractivity contribution in [3.63, 3.8) is 0 Å². The number of furan rings is 1. The third-order valence-electron chi connectivity index (χ3n) is 3.78. The molecule has 0 aliphatic carbocycles. The Morgan fingerprint density at radius 1 is 1.38 bits per heavy atom. The van der Waals surface area contributed by atoms with Gasteiger partial charge in [0.2, 0.25) is 5.76 Å². The van der Waals surface area contributed by atoms with Crippen LogP contribution in [0, 0.1) is 24.1 Å². The molecule has 3 aromatic rings. The second-order valence-electron chi connectivity index (χ2n) is 5.48. The normalized spacial score (nSPS) is 11.8. The first kappa shape index (κ1) is 17.6. The van der Waals surface area contributed by atoms with Gasteiger partial charge in [0.05, 0.1) is 5.56 Å². The van der Waals surface area contributed by atoms with Crippen molar-refractivity contribution in [1.82, 2.24) is 0 Å². The standard InChI is InChI=1S/C18H13FN2O4S/c1-9-12-4-3-5-13(19)15(12)25-14(9)18(23)24-10(2)16(22)21-17-11(8-20)6-7-26-17/h3-7,10H,1-2H3,(H,21,22)/t10-/m1/s1. The zero-order valence-corrected chi connectivity index (χ0v) is 14.6. The molecule has 0 bridgehead atoms. The first-order chi connectivity index (χ1) is 12.4. The maximum Gasteiger partial charge on any atom is 0.375 e. The van der Waals surface area contributed by atoms with Crippen LogP contribution in [0.4, 0.5) is 9.39 Å². The fraction of sp³-hybridized carbons (Fsp3) is 0.167. The molecule has 0 aliphatic rings. The minimum atomic E-state index is -1.13. The van der Waals surface area contributed by atoms with Crippen LogP contribution in [0.3, 0.4) is 0 Å². The molecule has 2 aromatic heterocycles. The van der Waals surface area contributed by atoms with Crippen molar-refractivity contribution in [1.29, 1.82) is 5.26 Å². The minimum absolute atomic E-state index is 0.0358. The fourth-order valence-corrected chi connectivity index (χ4v) is 3.12. The molecule has 0 unspecified atom stereocenters. The van der Waals surface area contributed by atoms with Crippen molar-refractivity contribution >= 4 is 39.2 Å². The highest BCUT2D eigenvalue weighted by atomic mass is 32.1. The number of benzene rings is 1. The van der Waals surface area contributed by atoms with E-state index in [1.165, 1.54) is 30.4 Å². The van der Waals surface area contributed by atoms with Gasteiger partial charge >= 0.3 is 5.97 Å². The predicted octanol–water partition coefficient (Wildman–Crippen LogP) is 4.00. The lowest BCUT2D eigenvalue weighted by atomic mass is 10.1. The number of anilines is 1. The van der Waals surface area contributed by atoms with Gasteiger partial charge in [0.25, 0.3) is 5.91 Å². The lowest BCUT2D eigenvalue weighted by molar-refractivity contribution is -0.123. The number of nitrogens with one attached hydrogen (secondary N) is 1.